The van der Waals surface area contributed by atoms with Crippen LogP contribution in [0.4, 0.5) is 0 Å². The second-order valence-corrected chi connectivity index (χ2v) is 3.88. The van der Waals surface area contributed by atoms with Crippen molar-refractivity contribution in [3.05, 3.63) is 42.2 Å². The van der Waals surface area contributed by atoms with Crippen molar-refractivity contribution >= 4 is 5.78 Å². The van der Waals surface area contributed by atoms with Crippen molar-refractivity contribution in [2.45, 2.75) is 13.3 Å². The molecule has 2 aromatic rings. The lowest BCUT2D eigenvalue weighted by atomic mass is 10.2. The molecule has 82 valence electrons. The van der Waals surface area contributed by atoms with Gasteiger partial charge in [0, 0.05) is 30.9 Å². The minimum absolute atomic E-state index is 0.155. The fraction of sp³-hybridized carbons (Fsp3) is 0.231. The van der Waals surface area contributed by atoms with Crippen LogP contribution in [0.15, 0.2) is 36.5 Å². The van der Waals surface area contributed by atoms with Gasteiger partial charge in [-0.25, -0.2) is 4.98 Å². The van der Waals surface area contributed by atoms with Crippen molar-refractivity contribution in [3.8, 4) is 11.4 Å². The molecule has 0 aliphatic carbocycles. The van der Waals surface area contributed by atoms with Crippen LogP contribution < -0.4 is 0 Å². The minimum atomic E-state index is 0.155. The number of hydrogen-bond acceptors (Lipinski definition) is 2. The second kappa shape index (κ2) is 4.31. The average molecular weight is 214 g/mol. The molecule has 0 unspecified atom stereocenters. The van der Waals surface area contributed by atoms with Gasteiger partial charge in [-0.05, 0) is 6.92 Å². The molecule has 0 aliphatic heterocycles. The molecule has 1 aromatic heterocycles. The molecular weight excluding hydrogens is 200 g/mol. The molecule has 0 saturated carbocycles. The molecule has 0 aliphatic rings. The topological polar surface area (TPSA) is 34.9 Å². The van der Waals surface area contributed by atoms with Gasteiger partial charge in [-0.2, -0.15) is 0 Å². The van der Waals surface area contributed by atoms with E-state index in [1.165, 1.54) is 0 Å². The molecule has 0 spiro atoms. The van der Waals surface area contributed by atoms with Crippen LogP contribution in [0, 0.1) is 0 Å². The summed E-state index contributed by atoms with van der Waals surface area (Å²) in [6, 6.07) is 9.96. The van der Waals surface area contributed by atoms with Crippen LogP contribution in [0.2, 0.25) is 0 Å². The van der Waals surface area contributed by atoms with Crippen molar-refractivity contribution in [1.82, 2.24) is 9.55 Å². The molecule has 16 heavy (non-hydrogen) atoms. The Balaban J connectivity index is 2.37. The largest absolute Gasteiger partial charge is 0.331 e. The highest BCUT2D eigenvalue weighted by Gasteiger charge is 2.09. The molecule has 1 aromatic carbocycles. The highest BCUT2D eigenvalue weighted by atomic mass is 16.1. The highest BCUT2D eigenvalue weighted by molar-refractivity contribution is 5.78. The van der Waals surface area contributed by atoms with Gasteiger partial charge < -0.3 is 4.57 Å². The van der Waals surface area contributed by atoms with E-state index in [9.17, 15) is 4.79 Å². The highest BCUT2D eigenvalue weighted by Crippen LogP contribution is 2.18. The standard InChI is InChI=1S/C13H14N2O/c1-10(16)8-12-9-14-13(15(12)2)11-6-4-3-5-7-11/h3-7,9H,8H2,1-2H3. The zero-order valence-electron chi connectivity index (χ0n) is 9.47. The summed E-state index contributed by atoms with van der Waals surface area (Å²) in [7, 11) is 1.94. The van der Waals surface area contributed by atoms with E-state index in [1.807, 2.05) is 41.9 Å². The summed E-state index contributed by atoms with van der Waals surface area (Å²) in [6.45, 7) is 1.59. The molecule has 1 heterocycles. The first-order valence-electron chi connectivity index (χ1n) is 5.24. The zero-order valence-corrected chi connectivity index (χ0v) is 9.47. The third-order valence-electron chi connectivity index (χ3n) is 2.55. The molecule has 0 saturated heterocycles. The maximum Gasteiger partial charge on any atom is 0.139 e. The van der Waals surface area contributed by atoms with Gasteiger partial charge in [0.1, 0.15) is 11.6 Å². The van der Waals surface area contributed by atoms with Crippen LogP contribution >= 0.6 is 0 Å². The first kappa shape index (κ1) is 10.6. The predicted octanol–water partition coefficient (Wildman–Crippen LogP) is 2.22. The van der Waals surface area contributed by atoms with Crippen LogP contribution in [0.5, 0.6) is 0 Å². The first-order chi connectivity index (χ1) is 7.68. The summed E-state index contributed by atoms with van der Waals surface area (Å²) >= 11 is 0. The summed E-state index contributed by atoms with van der Waals surface area (Å²) in [5.74, 6) is 1.06. The normalized spacial score (nSPS) is 10.4. The summed E-state index contributed by atoms with van der Waals surface area (Å²) in [4.78, 5) is 15.4. The van der Waals surface area contributed by atoms with E-state index in [1.54, 1.807) is 13.1 Å². The Bertz CT molecular complexity index is 500. The van der Waals surface area contributed by atoms with E-state index in [0.29, 0.717) is 6.42 Å². The van der Waals surface area contributed by atoms with Gasteiger partial charge in [-0.3, -0.25) is 4.79 Å². The summed E-state index contributed by atoms with van der Waals surface area (Å²) in [5.41, 5.74) is 2.02. The van der Waals surface area contributed by atoms with E-state index in [2.05, 4.69) is 4.98 Å². The molecule has 0 amide bonds. The van der Waals surface area contributed by atoms with E-state index in [-0.39, 0.29) is 5.78 Å². The molecule has 0 atom stereocenters. The monoisotopic (exact) mass is 214 g/mol. The van der Waals surface area contributed by atoms with Gasteiger partial charge >= 0.3 is 0 Å². The number of ketones is 1. The van der Waals surface area contributed by atoms with Gasteiger partial charge in [0.05, 0.1) is 0 Å². The molecule has 2 rings (SSSR count). The first-order valence-corrected chi connectivity index (χ1v) is 5.24. The molecule has 3 nitrogen and oxygen atoms in total. The number of rotatable bonds is 3. The number of hydrogen-bond donors (Lipinski definition) is 0. The lowest BCUT2D eigenvalue weighted by molar-refractivity contribution is -0.116. The Morgan fingerprint density at radius 2 is 2.00 bits per heavy atom. The number of benzene rings is 1. The number of Topliss-reactive ketones (excluding diaryl/α,β-unsaturated/α-hetero) is 1. The van der Waals surface area contributed by atoms with E-state index < -0.39 is 0 Å². The maximum atomic E-state index is 11.1. The van der Waals surface area contributed by atoms with Crippen molar-refractivity contribution in [2.24, 2.45) is 7.05 Å². The number of carbonyl (C=O) groups excluding carboxylic acids is 1. The van der Waals surface area contributed by atoms with E-state index >= 15 is 0 Å². The van der Waals surface area contributed by atoms with Crippen molar-refractivity contribution in [3.63, 3.8) is 0 Å². The Morgan fingerprint density at radius 1 is 1.31 bits per heavy atom. The minimum Gasteiger partial charge on any atom is -0.331 e. The van der Waals surface area contributed by atoms with Gasteiger partial charge in [-0.15, -0.1) is 0 Å². The number of imidazole rings is 1. The molecular formula is C13H14N2O. The molecule has 3 heteroatoms. The van der Waals surface area contributed by atoms with Crippen LogP contribution in [-0.2, 0) is 18.3 Å². The fourth-order valence-corrected chi connectivity index (χ4v) is 1.72. The lowest BCUT2D eigenvalue weighted by Gasteiger charge is -2.04. The van der Waals surface area contributed by atoms with Gasteiger partial charge in [0.25, 0.3) is 0 Å². The quantitative estimate of drug-likeness (QED) is 0.785. The van der Waals surface area contributed by atoms with E-state index in [0.717, 1.165) is 17.1 Å². The molecule has 0 radical (unpaired) electrons. The Kier molecular flexibility index (Phi) is 2.86. The lowest BCUT2D eigenvalue weighted by Crippen LogP contribution is -2.03. The SMILES string of the molecule is CC(=O)Cc1cnc(-c2ccccc2)n1C. The van der Waals surface area contributed by atoms with Gasteiger partial charge in [0.2, 0.25) is 0 Å². The second-order valence-electron chi connectivity index (χ2n) is 3.88. The van der Waals surface area contributed by atoms with Gasteiger partial charge in [-0.1, -0.05) is 30.3 Å². The Hall–Kier alpha value is -1.90. The van der Waals surface area contributed by atoms with E-state index in [4.69, 9.17) is 0 Å². The van der Waals surface area contributed by atoms with Crippen molar-refractivity contribution in [1.29, 1.82) is 0 Å². The maximum absolute atomic E-state index is 11.1. The number of carbonyl (C=O) groups is 1. The Labute approximate surface area is 94.7 Å². The smallest absolute Gasteiger partial charge is 0.139 e. The number of nitrogens with zero attached hydrogens (tertiary/aromatic N) is 2. The van der Waals surface area contributed by atoms with Crippen LogP contribution in [0.1, 0.15) is 12.6 Å². The average Bonchev–Trinajstić information content (AvgIpc) is 2.61. The fourth-order valence-electron chi connectivity index (χ4n) is 1.72. The third kappa shape index (κ3) is 2.03. The van der Waals surface area contributed by atoms with Crippen LogP contribution in [-0.4, -0.2) is 15.3 Å². The summed E-state index contributed by atoms with van der Waals surface area (Å²) < 4.78 is 1.97. The van der Waals surface area contributed by atoms with Crippen LogP contribution in [0.25, 0.3) is 11.4 Å². The Morgan fingerprint density at radius 3 is 2.62 bits per heavy atom. The molecule has 0 fully saturated rings. The van der Waals surface area contributed by atoms with Gasteiger partial charge in [0.15, 0.2) is 0 Å². The summed E-state index contributed by atoms with van der Waals surface area (Å²) in [6.07, 6.45) is 2.21. The molecule has 0 bridgehead atoms. The number of aromatic nitrogens is 2. The summed E-state index contributed by atoms with van der Waals surface area (Å²) in [5, 5.41) is 0. The van der Waals surface area contributed by atoms with Crippen molar-refractivity contribution in [2.75, 3.05) is 0 Å². The molecule has 0 N–H and O–H groups in total. The van der Waals surface area contributed by atoms with Crippen molar-refractivity contribution < 1.29 is 4.79 Å². The van der Waals surface area contributed by atoms with Crippen LogP contribution in [0.3, 0.4) is 0 Å². The predicted molar refractivity (Wildman–Crippen MR) is 63.0 cm³/mol. The third-order valence-corrected chi connectivity index (χ3v) is 2.55. The zero-order chi connectivity index (χ0) is 11.5.